The second-order valence-electron chi connectivity index (χ2n) is 7.55. The van der Waals surface area contributed by atoms with Crippen LogP contribution in [0.2, 0.25) is 5.02 Å². The predicted octanol–water partition coefficient (Wildman–Crippen LogP) is 6.09. The van der Waals surface area contributed by atoms with E-state index in [4.69, 9.17) is 25.5 Å². The van der Waals surface area contributed by atoms with Gasteiger partial charge in [-0.05, 0) is 67.4 Å². The summed E-state index contributed by atoms with van der Waals surface area (Å²) in [7, 11) is 0. The van der Waals surface area contributed by atoms with Crippen LogP contribution in [0.25, 0.3) is 22.3 Å². The van der Waals surface area contributed by atoms with Crippen molar-refractivity contribution in [1.82, 2.24) is 0 Å². The monoisotopic (exact) mass is 477 g/mol. The lowest BCUT2D eigenvalue weighted by Crippen LogP contribution is -2.23. The minimum absolute atomic E-state index is 0.0312. The van der Waals surface area contributed by atoms with Crippen LogP contribution in [0.15, 0.2) is 75.9 Å². The third-order valence-corrected chi connectivity index (χ3v) is 5.49. The number of carbonyl (C=O) groups excluding carboxylic acids is 1. The fourth-order valence-electron chi connectivity index (χ4n) is 3.54. The highest BCUT2D eigenvalue weighted by molar-refractivity contribution is 6.30. The summed E-state index contributed by atoms with van der Waals surface area (Å²) >= 11 is 6.03. The lowest BCUT2D eigenvalue weighted by atomic mass is 10.1. The maximum absolute atomic E-state index is 13.4. The Bertz CT molecular complexity index is 1380. The first kappa shape index (κ1) is 23.4. The highest BCUT2D eigenvalue weighted by Crippen LogP contribution is 2.32. The summed E-state index contributed by atoms with van der Waals surface area (Å²) in [4.78, 5) is 26.1. The van der Waals surface area contributed by atoms with Crippen LogP contribution >= 0.6 is 11.6 Å². The summed E-state index contributed by atoms with van der Waals surface area (Å²) < 4.78 is 17.4. The molecule has 0 aliphatic carbocycles. The molecule has 6 nitrogen and oxygen atoms in total. The van der Waals surface area contributed by atoms with E-state index in [1.807, 2.05) is 26.0 Å². The molecule has 1 aromatic heterocycles. The van der Waals surface area contributed by atoms with Gasteiger partial charge in [-0.15, -0.1) is 0 Å². The van der Waals surface area contributed by atoms with Crippen LogP contribution in [0.4, 0.5) is 5.69 Å². The van der Waals surface area contributed by atoms with E-state index in [1.54, 1.807) is 54.6 Å². The van der Waals surface area contributed by atoms with E-state index < -0.39 is 5.91 Å². The average Bonchev–Trinajstić information content (AvgIpc) is 2.85. The number of benzene rings is 3. The number of aryl methyl sites for hydroxylation is 1. The summed E-state index contributed by atoms with van der Waals surface area (Å²) in [5, 5.41) is 3.72. The molecule has 4 aromatic rings. The molecule has 174 valence electrons. The normalized spacial score (nSPS) is 10.8. The lowest BCUT2D eigenvalue weighted by molar-refractivity contribution is -0.118. The number of anilines is 1. The Balaban J connectivity index is 1.68. The molecule has 0 atom stereocenters. The lowest BCUT2D eigenvalue weighted by Gasteiger charge is -2.14. The van der Waals surface area contributed by atoms with Crippen molar-refractivity contribution in [2.75, 3.05) is 18.5 Å². The number of amides is 1. The van der Waals surface area contributed by atoms with Gasteiger partial charge in [-0.2, -0.15) is 0 Å². The molecule has 0 fully saturated rings. The quantitative estimate of drug-likeness (QED) is 0.332. The molecular weight excluding hydrogens is 454 g/mol. The van der Waals surface area contributed by atoms with Gasteiger partial charge in [0, 0.05) is 10.6 Å². The van der Waals surface area contributed by atoms with Gasteiger partial charge in [-0.25, -0.2) is 0 Å². The number of ether oxygens (including phenoxy) is 2. The van der Waals surface area contributed by atoms with Crippen molar-refractivity contribution in [2.24, 2.45) is 0 Å². The maximum Gasteiger partial charge on any atom is 0.262 e. The third-order valence-electron chi connectivity index (χ3n) is 5.24. The number of hydrogen-bond acceptors (Lipinski definition) is 5. The molecule has 0 bridgehead atoms. The molecular formula is C27H24ClNO5. The maximum atomic E-state index is 13.4. The van der Waals surface area contributed by atoms with Gasteiger partial charge >= 0.3 is 0 Å². The number of hydrogen-bond donors (Lipinski definition) is 1. The van der Waals surface area contributed by atoms with E-state index in [1.165, 1.54) is 0 Å². The summed E-state index contributed by atoms with van der Waals surface area (Å²) in [6.45, 7) is 3.95. The first-order valence-corrected chi connectivity index (χ1v) is 11.4. The number of fused-ring (bicyclic) bond motifs is 1. The second-order valence-corrected chi connectivity index (χ2v) is 7.98. The Morgan fingerprint density at radius 2 is 1.76 bits per heavy atom. The van der Waals surface area contributed by atoms with Crippen LogP contribution < -0.4 is 20.2 Å². The SMILES string of the molecule is CCOc1ccccc1NC(=O)COc1c(-c2ccc(Cl)cc2)oc2ccc(CC)cc2c1=O. The van der Waals surface area contributed by atoms with Crippen LogP contribution in [0.1, 0.15) is 19.4 Å². The zero-order chi connectivity index (χ0) is 24.1. The van der Waals surface area contributed by atoms with Gasteiger partial charge in [-0.1, -0.05) is 36.7 Å². The van der Waals surface area contributed by atoms with E-state index in [2.05, 4.69) is 5.32 Å². The van der Waals surface area contributed by atoms with Crippen molar-refractivity contribution in [1.29, 1.82) is 0 Å². The van der Waals surface area contributed by atoms with Crippen LogP contribution in [-0.2, 0) is 11.2 Å². The summed E-state index contributed by atoms with van der Waals surface area (Å²) in [6.07, 6.45) is 0.770. The molecule has 1 heterocycles. The Kier molecular flexibility index (Phi) is 7.18. The number of carbonyl (C=O) groups is 1. The largest absolute Gasteiger partial charge is 0.492 e. The van der Waals surface area contributed by atoms with E-state index in [9.17, 15) is 9.59 Å². The topological polar surface area (TPSA) is 77.8 Å². The van der Waals surface area contributed by atoms with E-state index >= 15 is 0 Å². The minimum Gasteiger partial charge on any atom is -0.492 e. The van der Waals surface area contributed by atoms with Crippen molar-refractivity contribution >= 4 is 34.2 Å². The van der Waals surface area contributed by atoms with Gasteiger partial charge in [0.2, 0.25) is 11.2 Å². The van der Waals surface area contributed by atoms with Crippen LogP contribution in [-0.4, -0.2) is 19.1 Å². The Hall–Kier alpha value is -3.77. The highest BCUT2D eigenvalue weighted by atomic mass is 35.5. The minimum atomic E-state index is -0.434. The smallest absolute Gasteiger partial charge is 0.262 e. The summed E-state index contributed by atoms with van der Waals surface area (Å²) in [5.74, 6) is 0.325. The van der Waals surface area contributed by atoms with Gasteiger partial charge in [0.05, 0.1) is 17.7 Å². The predicted molar refractivity (Wildman–Crippen MR) is 134 cm³/mol. The molecule has 0 radical (unpaired) electrons. The van der Waals surface area contributed by atoms with Gasteiger partial charge in [0.25, 0.3) is 5.91 Å². The Labute approximate surface area is 202 Å². The molecule has 0 unspecified atom stereocenters. The molecule has 3 aromatic carbocycles. The molecule has 0 aliphatic rings. The Morgan fingerprint density at radius 3 is 2.50 bits per heavy atom. The molecule has 0 saturated carbocycles. The van der Waals surface area contributed by atoms with E-state index in [-0.39, 0.29) is 23.5 Å². The molecule has 0 aliphatic heterocycles. The van der Waals surface area contributed by atoms with Crippen molar-refractivity contribution in [2.45, 2.75) is 20.3 Å². The zero-order valence-corrected chi connectivity index (χ0v) is 19.6. The first-order chi connectivity index (χ1) is 16.5. The highest BCUT2D eigenvalue weighted by Gasteiger charge is 2.19. The van der Waals surface area contributed by atoms with Crippen LogP contribution in [0.3, 0.4) is 0 Å². The molecule has 4 rings (SSSR count). The number of nitrogens with one attached hydrogen (secondary N) is 1. The Morgan fingerprint density at radius 1 is 1.00 bits per heavy atom. The molecule has 7 heteroatoms. The third kappa shape index (κ3) is 5.07. The van der Waals surface area contributed by atoms with E-state index in [0.717, 1.165) is 12.0 Å². The van der Waals surface area contributed by atoms with Gasteiger partial charge in [0.1, 0.15) is 11.3 Å². The van der Waals surface area contributed by atoms with Crippen molar-refractivity contribution in [3.8, 4) is 22.8 Å². The molecule has 1 N–H and O–H groups in total. The van der Waals surface area contributed by atoms with Gasteiger partial charge < -0.3 is 19.2 Å². The number of halogens is 1. The van der Waals surface area contributed by atoms with Crippen molar-refractivity contribution in [3.05, 3.63) is 87.5 Å². The molecule has 0 spiro atoms. The van der Waals surface area contributed by atoms with Crippen molar-refractivity contribution in [3.63, 3.8) is 0 Å². The van der Waals surface area contributed by atoms with Crippen LogP contribution in [0, 0.1) is 0 Å². The average molecular weight is 478 g/mol. The summed E-state index contributed by atoms with van der Waals surface area (Å²) in [5.41, 5.74) is 2.22. The first-order valence-electron chi connectivity index (χ1n) is 11.0. The standard InChI is InChI=1S/C27H24ClNO5/c1-3-17-9-14-22-20(15-17)25(31)27(26(34-22)18-10-12-19(28)13-11-18)33-16-24(30)29-21-7-5-6-8-23(21)32-4-2/h5-15H,3-4,16H2,1-2H3,(H,29,30). The second kappa shape index (κ2) is 10.4. The van der Waals surface area contributed by atoms with Gasteiger partial charge in [-0.3, -0.25) is 9.59 Å². The fraction of sp³-hybridized carbons (Fsp3) is 0.185. The fourth-order valence-corrected chi connectivity index (χ4v) is 3.67. The zero-order valence-electron chi connectivity index (χ0n) is 18.9. The van der Waals surface area contributed by atoms with E-state index in [0.29, 0.717) is 39.6 Å². The van der Waals surface area contributed by atoms with Crippen molar-refractivity contribution < 1.29 is 18.7 Å². The summed E-state index contributed by atoms with van der Waals surface area (Å²) in [6, 6.07) is 19.5. The molecule has 0 saturated heterocycles. The number of para-hydroxylation sites is 2. The van der Waals surface area contributed by atoms with Crippen LogP contribution in [0.5, 0.6) is 11.5 Å². The van der Waals surface area contributed by atoms with Gasteiger partial charge in [0.15, 0.2) is 12.4 Å². The number of rotatable bonds is 8. The molecule has 34 heavy (non-hydrogen) atoms. The molecule has 1 amide bonds.